The van der Waals surface area contributed by atoms with Crippen molar-refractivity contribution in [1.82, 2.24) is 5.32 Å². The fourth-order valence-electron chi connectivity index (χ4n) is 0.360. The van der Waals surface area contributed by atoms with Gasteiger partial charge >= 0.3 is 0 Å². The third kappa shape index (κ3) is 5.56. The highest BCUT2D eigenvalue weighted by Gasteiger charge is 1.89. The van der Waals surface area contributed by atoms with Crippen LogP contribution >= 0.6 is 12.2 Å². The number of hydrogen-bond donors (Lipinski definition) is 1. The van der Waals surface area contributed by atoms with Crippen molar-refractivity contribution in [1.29, 1.82) is 0 Å². The molecule has 0 aromatic rings. The number of rotatable bonds is 3. The second-order valence-corrected chi connectivity index (χ2v) is 1.89. The molecule has 0 heterocycles. The lowest BCUT2D eigenvalue weighted by Gasteiger charge is -2.05. The van der Waals surface area contributed by atoms with Gasteiger partial charge in [-0.1, -0.05) is 0 Å². The highest BCUT2D eigenvalue weighted by Crippen LogP contribution is 1.80. The van der Waals surface area contributed by atoms with Crippen molar-refractivity contribution in [2.75, 3.05) is 13.2 Å². The molecule has 3 heteroatoms. The highest BCUT2D eigenvalue weighted by atomic mass is 32.1. The van der Waals surface area contributed by atoms with E-state index in [1.54, 1.807) is 0 Å². The summed E-state index contributed by atoms with van der Waals surface area (Å²) in [7, 11) is 0. The van der Waals surface area contributed by atoms with Crippen LogP contribution in [-0.4, -0.2) is 18.3 Å². The van der Waals surface area contributed by atoms with Crippen molar-refractivity contribution in [3.8, 4) is 0 Å². The quantitative estimate of drug-likeness (QED) is 0.603. The molecule has 0 saturated carbocycles. The van der Waals surface area contributed by atoms with Gasteiger partial charge in [-0.3, -0.25) is 0 Å². The zero-order chi connectivity index (χ0) is 7.11. The molecule has 0 aromatic heterocycles. The smallest absolute Gasteiger partial charge is 0.256 e. The van der Waals surface area contributed by atoms with Gasteiger partial charge in [0.15, 0.2) is 0 Å². The van der Waals surface area contributed by atoms with Crippen molar-refractivity contribution in [3.63, 3.8) is 0 Å². The Morgan fingerprint density at radius 2 is 2.44 bits per heavy atom. The average molecular weight is 146 g/mol. The van der Waals surface area contributed by atoms with E-state index in [2.05, 4.69) is 12.2 Å². The summed E-state index contributed by atoms with van der Waals surface area (Å²) >= 11 is 4.76. The monoisotopic (exact) mass is 146 g/mol. The Labute approximate surface area is 61.6 Å². The van der Waals surface area contributed by atoms with Crippen LogP contribution in [0, 0.1) is 6.92 Å². The molecule has 0 fully saturated rings. The minimum atomic E-state index is 0.473. The molecule has 0 aliphatic heterocycles. The topological polar surface area (TPSA) is 21.3 Å². The van der Waals surface area contributed by atoms with E-state index in [1.807, 2.05) is 6.92 Å². The SMILES string of the molecule is [CH2]CCOC(=S)NCC. The van der Waals surface area contributed by atoms with Crippen molar-refractivity contribution in [3.05, 3.63) is 6.92 Å². The van der Waals surface area contributed by atoms with E-state index in [0.29, 0.717) is 11.8 Å². The summed E-state index contributed by atoms with van der Waals surface area (Å²) in [4.78, 5) is 0. The Bertz CT molecular complexity index is 85.1. The van der Waals surface area contributed by atoms with Crippen molar-refractivity contribution in [2.24, 2.45) is 0 Å². The van der Waals surface area contributed by atoms with E-state index in [4.69, 9.17) is 17.0 Å². The molecule has 0 unspecified atom stereocenters. The van der Waals surface area contributed by atoms with Crippen LogP contribution in [0.25, 0.3) is 0 Å². The Morgan fingerprint density at radius 1 is 1.78 bits per heavy atom. The van der Waals surface area contributed by atoms with Crippen molar-refractivity contribution in [2.45, 2.75) is 13.3 Å². The van der Waals surface area contributed by atoms with Crippen LogP contribution in [0.1, 0.15) is 13.3 Å². The third-order valence-corrected chi connectivity index (χ3v) is 0.961. The van der Waals surface area contributed by atoms with Gasteiger partial charge in [0.2, 0.25) is 0 Å². The lowest BCUT2D eigenvalue weighted by Crippen LogP contribution is -2.23. The van der Waals surface area contributed by atoms with Crippen LogP contribution in [0.15, 0.2) is 0 Å². The Hall–Kier alpha value is -0.310. The molecule has 1 N–H and O–H groups in total. The summed E-state index contributed by atoms with van der Waals surface area (Å²) in [6, 6.07) is 0. The van der Waals surface area contributed by atoms with E-state index in [1.165, 1.54) is 0 Å². The molecular weight excluding hydrogens is 134 g/mol. The molecule has 0 spiro atoms. The molecule has 0 rings (SSSR count). The number of thiocarbonyl (C=S) groups is 1. The van der Waals surface area contributed by atoms with E-state index in [0.717, 1.165) is 13.0 Å². The lowest BCUT2D eigenvalue weighted by atomic mass is 10.5. The molecule has 0 saturated heterocycles. The third-order valence-electron chi connectivity index (χ3n) is 0.699. The van der Waals surface area contributed by atoms with Gasteiger partial charge in [0, 0.05) is 6.54 Å². The highest BCUT2D eigenvalue weighted by molar-refractivity contribution is 7.80. The molecule has 0 aliphatic carbocycles. The maximum absolute atomic E-state index is 4.99. The first-order chi connectivity index (χ1) is 4.31. The summed E-state index contributed by atoms with van der Waals surface area (Å²) in [5.41, 5.74) is 0. The molecule has 53 valence electrons. The Morgan fingerprint density at radius 3 is 2.89 bits per heavy atom. The number of ether oxygens (including phenoxy) is 1. The van der Waals surface area contributed by atoms with Gasteiger partial charge in [-0.2, -0.15) is 0 Å². The minimum Gasteiger partial charge on any atom is -0.471 e. The molecule has 0 bridgehead atoms. The van der Waals surface area contributed by atoms with Crippen molar-refractivity contribution >= 4 is 17.4 Å². The minimum absolute atomic E-state index is 0.473. The number of nitrogens with one attached hydrogen (secondary N) is 1. The zero-order valence-corrected chi connectivity index (χ0v) is 6.46. The molecule has 0 amide bonds. The van der Waals surface area contributed by atoms with Gasteiger partial charge in [-0.15, -0.1) is 0 Å². The van der Waals surface area contributed by atoms with Crippen LogP contribution < -0.4 is 5.32 Å². The van der Waals surface area contributed by atoms with E-state index >= 15 is 0 Å². The zero-order valence-electron chi connectivity index (χ0n) is 5.64. The Kier molecular flexibility index (Phi) is 5.62. The first-order valence-corrected chi connectivity index (χ1v) is 3.42. The predicted molar refractivity (Wildman–Crippen MR) is 42.2 cm³/mol. The standard InChI is InChI=1S/C6H12NOS/c1-3-5-8-6(9)7-4-2/h1,3-5H2,2H3,(H,7,9). The first-order valence-electron chi connectivity index (χ1n) is 3.01. The molecule has 9 heavy (non-hydrogen) atoms. The van der Waals surface area contributed by atoms with Gasteiger partial charge in [0.1, 0.15) is 0 Å². The molecule has 0 aliphatic rings. The van der Waals surface area contributed by atoms with Crippen LogP contribution in [-0.2, 0) is 4.74 Å². The second-order valence-electron chi connectivity index (χ2n) is 1.52. The average Bonchev–Trinajstić information content (AvgIpc) is 1.85. The fraction of sp³-hybridized carbons (Fsp3) is 0.667. The molecule has 0 atom stereocenters. The maximum atomic E-state index is 4.99. The normalized spacial score (nSPS) is 8.67. The fourth-order valence-corrected chi connectivity index (χ4v) is 0.588. The summed E-state index contributed by atoms with van der Waals surface area (Å²) in [5.74, 6) is 0. The summed E-state index contributed by atoms with van der Waals surface area (Å²) in [6.07, 6.45) is 0.755. The van der Waals surface area contributed by atoms with Crippen LogP contribution in [0.4, 0.5) is 0 Å². The molecule has 2 nitrogen and oxygen atoms in total. The summed E-state index contributed by atoms with van der Waals surface area (Å²) in [5, 5.41) is 3.34. The molecule has 1 radical (unpaired) electrons. The van der Waals surface area contributed by atoms with Gasteiger partial charge in [0.25, 0.3) is 5.17 Å². The summed E-state index contributed by atoms with van der Waals surface area (Å²) < 4.78 is 4.99. The van der Waals surface area contributed by atoms with E-state index in [-0.39, 0.29) is 0 Å². The van der Waals surface area contributed by atoms with Crippen LogP contribution in [0.3, 0.4) is 0 Å². The van der Waals surface area contributed by atoms with E-state index in [9.17, 15) is 0 Å². The Balaban J connectivity index is 3.06. The summed E-state index contributed by atoms with van der Waals surface area (Å²) in [6.45, 7) is 7.00. The van der Waals surface area contributed by atoms with Gasteiger partial charge in [-0.25, -0.2) is 0 Å². The van der Waals surface area contributed by atoms with Crippen molar-refractivity contribution < 1.29 is 4.74 Å². The van der Waals surface area contributed by atoms with Gasteiger partial charge < -0.3 is 10.1 Å². The van der Waals surface area contributed by atoms with Gasteiger partial charge in [0.05, 0.1) is 6.61 Å². The molecular formula is C6H12NOS. The second kappa shape index (κ2) is 5.82. The van der Waals surface area contributed by atoms with Crippen LogP contribution in [0.2, 0.25) is 0 Å². The predicted octanol–water partition coefficient (Wildman–Crippen LogP) is 1.12. The van der Waals surface area contributed by atoms with Gasteiger partial charge in [-0.05, 0) is 32.5 Å². The number of hydrogen-bond acceptors (Lipinski definition) is 2. The largest absolute Gasteiger partial charge is 0.471 e. The lowest BCUT2D eigenvalue weighted by molar-refractivity contribution is 0.306. The van der Waals surface area contributed by atoms with E-state index < -0.39 is 0 Å². The first kappa shape index (κ1) is 8.69. The van der Waals surface area contributed by atoms with Crippen LogP contribution in [0.5, 0.6) is 0 Å². The maximum Gasteiger partial charge on any atom is 0.256 e. The molecule has 0 aromatic carbocycles.